The van der Waals surface area contributed by atoms with Gasteiger partial charge in [-0.15, -0.1) is 0 Å². The summed E-state index contributed by atoms with van der Waals surface area (Å²) in [5.74, 6) is -2.04. The minimum Gasteiger partial charge on any atom is -0.481 e. The van der Waals surface area contributed by atoms with Crippen molar-refractivity contribution in [2.75, 3.05) is 5.32 Å². The smallest absolute Gasteiger partial charge is 0.305 e. The SMILES string of the molecule is CC(C)c1c(C(=O)Nc2ccc(COCc3ccc(Cl)cc3)cc2)c(-c2ccccc2)c(-c2ccc(F)cc2)n1CC[C@@H](O)C[C@@H](O)CC(=O)O. The lowest BCUT2D eigenvalue weighted by Gasteiger charge is -2.20. The third kappa shape index (κ3) is 9.92. The minimum atomic E-state index is -1.20. The predicted octanol–water partition coefficient (Wildman–Crippen LogP) is 8.68. The molecule has 10 heteroatoms. The first kappa shape index (κ1) is 37.5. The van der Waals surface area contributed by atoms with E-state index in [1.807, 2.05) is 97.3 Å². The number of carbonyl (C=O) groups is 2. The molecule has 0 aliphatic heterocycles. The predicted molar refractivity (Wildman–Crippen MR) is 197 cm³/mol. The highest BCUT2D eigenvalue weighted by Gasteiger charge is 2.31. The number of nitrogens with one attached hydrogen (secondary N) is 1. The Hall–Kier alpha value is -4.80. The number of benzene rings is 4. The van der Waals surface area contributed by atoms with Crippen LogP contribution in [0.5, 0.6) is 0 Å². The molecule has 1 amide bonds. The van der Waals surface area contributed by atoms with Crippen LogP contribution in [0, 0.1) is 5.82 Å². The van der Waals surface area contributed by atoms with E-state index in [9.17, 15) is 24.2 Å². The molecular formula is C41H42ClFN2O6. The van der Waals surface area contributed by atoms with Crippen molar-refractivity contribution in [3.8, 4) is 22.4 Å². The van der Waals surface area contributed by atoms with Crippen LogP contribution in [0.25, 0.3) is 22.4 Å². The number of hydrogen-bond acceptors (Lipinski definition) is 5. The number of hydrogen-bond donors (Lipinski definition) is 4. The molecule has 0 fully saturated rings. The molecule has 0 saturated heterocycles. The van der Waals surface area contributed by atoms with E-state index in [0.29, 0.717) is 46.3 Å². The Morgan fingerprint density at radius 2 is 1.43 bits per heavy atom. The maximum absolute atomic E-state index is 14.5. The first-order valence-corrected chi connectivity index (χ1v) is 17.3. The van der Waals surface area contributed by atoms with E-state index in [4.69, 9.17) is 21.4 Å². The Bertz CT molecular complexity index is 1910. The second-order valence-corrected chi connectivity index (χ2v) is 13.3. The number of aliphatic hydroxyl groups is 2. The van der Waals surface area contributed by atoms with Gasteiger partial charge < -0.3 is 29.9 Å². The molecule has 0 bridgehead atoms. The lowest BCUT2D eigenvalue weighted by Crippen LogP contribution is -2.22. The highest BCUT2D eigenvalue weighted by atomic mass is 35.5. The van der Waals surface area contributed by atoms with Gasteiger partial charge in [-0.2, -0.15) is 0 Å². The van der Waals surface area contributed by atoms with Gasteiger partial charge in [0.25, 0.3) is 5.91 Å². The number of halogens is 2. The monoisotopic (exact) mass is 712 g/mol. The number of carboxylic acid groups (broad SMARTS) is 1. The number of carbonyl (C=O) groups excluding carboxylic acids is 1. The Labute approximate surface area is 302 Å². The van der Waals surface area contributed by atoms with Gasteiger partial charge in [-0.1, -0.05) is 80.0 Å². The van der Waals surface area contributed by atoms with Crippen molar-refractivity contribution in [3.05, 3.63) is 136 Å². The van der Waals surface area contributed by atoms with E-state index in [2.05, 4.69) is 5.32 Å². The number of amides is 1. The van der Waals surface area contributed by atoms with Crippen LogP contribution >= 0.6 is 11.6 Å². The Balaban J connectivity index is 1.49. The number of carboxylic acids is 1. The molecule has 5 rings (SSSR count). The topological polar surface area (TPSA) is 121 Å². The van der Waals surface area contributed by atoms with Gasteiger partial charge in [-0.3, -0.25) is 9.59 Å². The standard InChI is InChI=1S/C41H42ClFN2O6/c1-26(2)39-38(41(50)44-33-18-10-28(11-19-33)25-51-24-27-8-14-31(42)15-9-27)37(29-6-4-3-5-7-29)40(30-12-16-32(43)17-13-30)45(39)21-20-34(46)22-35(47)23-36(48)49/h3-19,26,34-35,46-47H,20-25H2,1-2H3,(H,44,50)(H,48,49)/t34-,35-/m1/s1. The maximum atomic E-state index is 14.5. The second-order valence-electron chi connectivity index (χ2n) is 12.9. The molecule has 1 aromatic heterocycles. The summed E-state index contributed by atoms with van der Waals surface area (Å²) in [4.78, 5) is 25.5. The molecule has 51 heavy (non-hydrogen) atoms. The zero-order valence-electron chi connectivity index (χ0n) is 28.6. The highest BCUT2D eigenvalue weighted by molar-refractivity contribution is 6.30. The van der Waals surface area contributed by atoms with Crippen molar-refractivity contribution < 1.29 is 34.0 Å². The Morgan fingerprint density at radius 1 is 0.824 bits per heavy atom. The molecule has 0 radical (unpaired) electrons. The fourth-order valence-corrected chi connectivity index (χ4v) is 6.36. The molecule has 5 aromatic rings. The van der Waals surface area contributed by atoms with Crippen LogP contribution in [-0.4, -0.2) is 44.0 Å². The van der Waals surface area contributed by atoms with Gasteiger partial charge in [0.05, 0.1) is 43.1 Å². The lowest BCUT2D eigenvalue weighted by atomic mass is 9.94. The Morgan fingerprint density at radius 3 is 2.02 bits per heavy atom. The first-order chi connectivity index (χ1) is 24.5. The molecule has 266 valence electrons. The zero-order valence-corrected chi connectivity index (χ0v) is 29.3. The number of aromatic nitrogens is 1. The summed E-state index contributed by atoms with van der Waals surface area (Å²) in [6, 6.07) is 30.5. The normalized spacial score (nSPS) is 12.5. The van der Waals surface area contributed by atoms with Crippen molar-refractivity contribution >= 4 is 29.2 Å². The van der Waals surface area contributed by atoms with E-state index < -0.39 is 30.4 Å². The molecule has 4 N–H and O–H groups in total. The largest absolute Gasteiger partial charge is 0.481 e. The van der Waals surface area contributed by atoms with E-state index in [1.54, 1.807) is 12.1 Å². The van der Waals surface area contributed by atoms with Crippen LogP contribution in [0.3, 0.4) is 0 Å². The summed E-state index contributed by atoms with van der Waals surface area (Å²) in [5.41, 5.74) is 6.52. The van der Waals surface area contributed by atoms with Crippen molar-refractivity contribution in [2.24, 2.45) is 0 Å². The average Bonchev–Trinajstić information content (AvgIpc) is 3.45. The van der Waals surface area contributed by atoms with Crippen LogP contribution in [0.1, 0.15) is 66.2 Å². The zero-order chi connectivity index (χ0) is 36.5. The molecule has 4 aromatic carbocycles. The minimum absolute atomic E-state index is 0.114. The Kier molecular flexibility index (Phi) is 12.8. The van der Waals surface area contributed by atoms with E-state index in [0.717, 1.165) is 22.4 Å². The maximum Gasteiger partial charge on any atom is 0.305 e. The van der Waals surface area contributed by atoms with Gasteiger partial charge in [-0.25, -0.2) is 4.39 Å². The van der Waals surface area contributed by atoms with Crippen LogP contribution < -0.4 is 5.32 Å². The summed E-state index contributed by atoms with van der Waals surface area (Å²) in [6.45, 7) is 5.03. The van der Waals surface area contributed by atoms with Gasteiger partial charge in [0.15, 0.2) is 0 Å². The first-order valence-electron chi connectivity index (χ1n) is 16.9. The van der Waals surface area contributed by atoms with Crippen LogP contribution in [-0.2, 0) is 29.3 Å². The van der Waals surface area contributed by atoms with Crippen molar-refractivity contribution in [2.45, 2.75) is 71.0 Å². The fourth-order valence-electron chi connectivity index (χ4n) is 6.23. The van der Waals surface area contributed by atoms with E-state index >= 15 is 0 Å². The van der Waals surface area contributed by atoms with Crippen LogP contribution in [0.4, 0.5) is 10.1 Å². The van der Waals surface area contributed by atoms with Gasteiger partial charge >= 0.3 is 5.97 Å². The van der Waals surface area contributed by atoms with Crippen molar-refractivity contribution in [1.82, 2.24) is 4.57 Å². The van der Waals surface area contributed by atoms with Gasteiger partial charge in [0, 0.05) is 28.5 Å². The number of anilines is 1. The van der Waals surface area contributed by atoms with Gasteiger partial charge in [-0.05, 0) is 89.5 Å². The van der Waals surface area contributed by atoms with Gasteiger partial charge in [0.1, 0.15) is 5.82 Å². The van der Waals surface area contributed by atoms with Crippen LogP contribution in [0.15, 0.2) is 103 Å². The molecule has 8 nitrogen and oxygen atoms in total. The number of rotatable bonds is 16. The third-order valence-electron chi connectivity index (χ3n) is 8.56. The summed E-state index contributed by atoms with van der Waals surface area (Å²) >= 11 is 5.97. The molecule has 0 aliphatic rings. The van der Waals surface area contributed by atoms with Crippen LogP contribution in [0.2, 0.25) is 5.02 Å². The molecule has 1 heterocycles. The quantitative estimate of drug-likeness (QED) is 0.0813. The molecule has 2 atom stereocenters. The number of aliphatic carboxylic acids is 1. The molecule has 0 spiro atoms. The van der Waals surface area contributed by atoms with E-state index in [1.165, 1.54) is 12.1 Å². The summed E-state index contributed by atoms with van der Waals surface area (Å²) < 4.78 is 22.0. The number of ether oxygens (including phenoxy) is 1. The molecular weight excluding hydrogens is 671 g/mol. The lowest BCUT2D eigenvalue weighted by molar-refractivity contribution is -0.139. The highest BCUT2D eigenvalue weighted by Crippen LogP contribution is 2.42. The molecule has 0 aliphatic carbocycles. The molecule has 0 saturated carbocycles. The summed E-state index contributed by atoms with van der Waals surface area (Å²) in [6.07, 6.45) is -2.62. The fraction of sp³-hybridized carbons (Fsp3) is 0.268. The van der Waals surface area contributed by atoms with Crippen molar-refractivity contribution in [3.63, 3.8) is 0 Å². The van der Waals surface area contributed by atoms with E-state index in [-0.39, 0.29) is 31.2 Å². The number of aliphatic hydroxyl groups excluding tert-OH is 2. The summed E-state index contributed by atoms with van der Waals surface area (Å²) in [5, 5.41) is 33.8. The second kappa shape index (κ2) is 17.4. The third-order valence-corrected chi connectivity index (χ3v) is 8.81. The summed E-state index contributed by atoms with van der Waals surface area (Å²) in [7, 11) is 0. The van der Waals surface area contributed by atoms with Crippen molar-refractivity contribution in [1.29, 1.82) is 0 Å². The van der Waals surface area contributed by atoms with Gasteiger partial charge in [0.2, 0.25) is 0 Å². The average molecular weight is 713 g/mol. The molecule has 0 unspecified atom stereocenters. The number of nitrogens with zero attached hydrogens (tertiary/aromatic N) is 1.